The Morgan fingerprint density at radius 1 is 1.19 bits per heavy atom. The molecule has 0 spiro atoms. The molecule has 2 aromatic heterocycles. The van der Waals surface area contributed by atoms with Gasteiger partial charge >= 0.3 is 0 Å². The molecule has 3 rings (SSSR count). The summed E-state index contributed by atoms with van der Waals surface area (Å²) in [5.41, 5.74) is 3.13. The van der Waals surface area contributed by atoms with Gasteiger partial charge in [0.1, 0.15) is 11.6 Å². The van der Waals surface area contributed by atoms with Crippen LogP contribution in [0.3, 0.4) is 0 Å². The molecule has 0 amide bonds. The molecule has 0 bridgehead atoms. The lowest BCUT2D eigenvalue weighted by Crippen LogP contribution is -1.92. The van der Waals surface area contributed by atoms with Gasteiger partial charge in [-0.2, -0.15) is 5.26 Å². The van der Waals surface area contributed by atoms with Crippen LogP contribution < -0.4 is 9.47 Å². The second kappa shape index (κ2) is 5.13. The largest absolute Gasteiger partial charge is 0.493 e. The van der Waals surface area contributed by atoms with E-state index >= 15 is 0 Å². The van der Waals surface area contributed by atoms with Crippen molar-refractivity contribution in [3.8, 4) is 28.8 Å². The van der Waals surface area contributed by atoms with E-state index < -0.39 is 0 Å². The summed E-state index contributed by atoms with van der Waals surface area (Å²) in [5, 5.41) is 9.06. The van der Waals surface area contributed by atoms with Crippen LogP contribution >= 0.6 is 0 Å². The van der Waals surface area contributed by atoms with Gasteiger partial charge in [-0.3, -0.25) is 0 Å². The van der Waals surface area contributed by atoms with Gasteiger partial charge in [-0.15, -0.1) is 0 Å². The van der Waals surface area contributed by atoms with Gasteiger partial charge in [0, 0.05) is 11.8 Å². The Labute approximate surface area is 121 Å². The molecule has 1 aromatic carbocycles. The van der Waals surface area contributed by atoms with Crippen molar-refractivity contribution in [1.29, 1.82) is 5.26 Å². The Morgan fingerprint density at radius 3 is 2.71 bits per heavy atom. The average Bonchev–Trinajstić information content (AvgIpc) is 2.96. The van der Waals surface area contributed by atoms with E-state index in [9.17, 15) is 0 Å². The molecule has 1 N–H and O–H groups in total. The summed E-state index contributed by atoms with van der Waals surface area (Å²) in [5.74, 6) is 1.26. The Morgan fingerprint density at radius 2 is 2.00 bits per heavy atom. The first kappa shape index (κ1) is 12.9. The predicted octanol–water partition coefficient (Wildman–Crippen LogP) is 2.51. The van der Waals surface area contributed by atoms with Gasteiger partial charge in [0.05, 0.1) is 31.7 Å². The van der Waals surface area contributed by atoms with Crippen LogP contribution in [0, 0.1) is 11.3 Å². The first-order chi connectivity index (χ1) is 10.3. The average molecular weight is 280 g/mol. The van der Waals surface area contributed by atoms with E-state index in [1.54, 1.807) is 26.6 Å². The van der Waals surface area contributed by atoms with Crippen molar-refractivity contribution in [1.82, 2.24) is 15.0 Å². The van der Waals surface area contributed by atoms with Crippen LogP contribution in [0.2, 0.25) is 0 Å². The third-order valence-electron chi connectivity index (χ3n) is 3.18. The number of H-pyrrole nitrogens is 1. The SMILES string of the molecule is COc1ccc(-c2cnc3[nH]cc(C#N)c3n2)cc1OC. The van der Waals surface area contributed by atoms with Crippen molar-refractivity contribution in [2.24, 2.45) is 0 Å². The lowest BCUT2D eigenvalue weighted by Gasteiger charge is -2.09. The third kappa shape index (κ3) is 2.15. The van der Waals surface area contributed by atoms with Crippen LogP contribution in [0.25, 0.3) is 22.4 Å². The van der Waals surface area contributed by atoms with Crippen LogP contribution in [0.15, 0.2) is 30.6 Å². The number of nitrogens with one attached hydrogen (secondary N) is 1. The summed E-state index contributed by atoms with van der Waals surface area (Å²) < 4.78 is 10.5. The molecular weight excluding hydrogens is 268 g/mol. The molecule has 0 radical (unpaired) electrons. The number of methoxy groups -OCH3 is 2. The zero-order chi connectivity index (χ0) is 14.8. The minimum absolute atomic E-state index is 0.472. The van der Waals surface area contributed by atoms with Crippen molar-refractivity contribution in [3.05, 3.63) is 36.2 Å². The van der Waals surface area contributed by atoms with Crippen LogP contribution in [0.5, 0.6) is 11.5 Å². The number of hydrogen-bond acceptors (Lipinski definition) is 5. The first-order valence-corrected chi connectivity index (χ1v) is 6.23. The van der Waals surface area contributed by atoms with Crippen molar-refractivity contribution >= 4 is 11.2 Å². The molecule has 0 saturated heterocycles. The maximum Gasteiger partial charge on any atom is 0.161 e. The van der Waals surface area contributed by atoms with Gasteiger partial charge < -0.3 is 14.5 Å². The number of fused-ring (bicyclic) bond motifs is 1. The molecular formula is C15H12N4O2. The molecule has 0 aliphatic heterocycles. The van der Waals surface area contributed by atoms with E-state index in [0.717, 1.165) is 5.56 Å². The minimum Gasteiger partial charge on any atom is -0.493 e. The highest BCUT2D eigenvalue weighted by Gasteiger charge is 2.11. The van der Waals surface area contributed by atoms with Crippen LogP contribution in [-0.4, -0.2) is 29.2 Å². The zero-order valence-electron chi connectivity index (χ0n) is 11.5. The van der Waals surface area contributed by atoms with E-state index in [0.29, 0.717) is 33.9 Å². The van der Waals surface area contributed by atoms with Gasteiger partial charge in [-0.1, -0.05) is 0 Å². The van der Waals surface area contributed by atoms with Gasteiger partial charge in [-0.25, -0.2) is 9.97 Å². The Hall–Kier alpha value is -3.07. The Bertz CT molecular complexity index is 848. The number of rotatable bonds is 3. The van der Waals surface area contributed by atoms with Crippen LogP contribution in [0.4, 0.5) is 0 Å². The molecule has 104 valence electrons. The highest BCUT2D eigenvalue weighted by atomic mass is 16.5. The van der Waals surface area contributed by atoms with Crippen LogP contribution in [-0.2, 0) is 0 Å². The maximum absolute atomic E-state index is 9.06. The molecule has 0 aliphatic rings. The lowest BCUT2D eigenvalue weighted by atomic mass is 10.1. The number of aromatic nitrogens is 3. The fourth-order valence-corrected chi connectivity index (χ4v) is 2.11. The first-order valence-electron chi connectivity index (χ1n) is 6.23. The van der Waals surface area contributed by atoms with E-state index in [1.165, 1.54) is 0 Å². The van der Waals surface area contributed by atoms with Crippen molar-refractivity contribution in [2.45, 2.75) is 0 Å². The number of nitriles is 1. The maximum atomic E-state index is 9.06. The monoisotopic (exact) mass is 280 g/mol. The Kier molecular flexibility index (Phi) is 3.16. The highest BCUT2D eigenvalue weighted by molar-refractivity contribution is 5.80. The zero-order valence-corrected chi connectivity index (χ0v) is 11.5. The van der Waals surface area contributed by atoms with E-state index in [2.05, 4.69) is 21.0 Å². The third-order valence-corrected chi connectivity index (χ3v) is 3.18. The van der Waals surface area contributed by atoms with Gasteiger partial charge in [0.25, 0.3) is 0 Å². The fourth-order valence-electron chi connectivity index (χ4n) is 2.11. The van der Waals surface area contributed by atoms with Gasteiger partial charge in [-0.05, 0) is 18.2 Å². The Balaban J connectivity index is 2.14. The molecule has 0 unspecified atom stereocenters. The smallest absolute Gasteiger partial charge is 0.161 e. The number of nitrogens with zero attached hydrogens (tertiary/aromatic N) is 3. The lowest BCUT2D eigenvalue weighted by molar-refractivity contribution is 0.355. The number of hydrogen-bond donors (Lipinski definition) is 1. The predicted molar refractivity (Wildman–Crippen MR) is 77.1 cm³/mol. The number of benzene rings is 1. The second-order valence-corrected chi connectivity index (χ2v) is 4.34. The van der Waals surface area contributed by atoms with Gasteiger partial charge in [0.2, 0.25) is 0 Å². The summed E-state index contributed by atoms with van der Waals surface area (Å²) in [6.45, 7) is 0. The fraction of sp³-hybridized carbons (Fsp3) is 0.133. The van der Waals surface area contributed by atoms with Crippen molar-refractivity contribution < 1.29 is 9.47 Å². The molecule has 6 nitrogen and oxygen atoms in total. The summed E-state index contributed by atoms with van der Waals surface area (Å²) in [6, 6.07) is 7.60. The van der Waals surface area contributed by atoms with E-state index in [-0.39, 0.29) is 0 Å². The molecule has 0 fully saturated rings. The normalized spacial score (nSPS) is 10.3. The quantitative estimate of drug-likeness (QED) is 0.797. The summed E-state index contributed by atoms with van der Waals surface area (Å²) in [7, 11) is 3.17. The molecule has 0 aliphatic carbocycles. The van der Waals surface area contributed by atoms with E-state index in [1.807, 2.05) is 18.2 Å². The van der Waals surface area contributed by atoms with E-state index in [4.69, 9.17) is 14.7 Å². The number of ether oxygens (including phenoxy) is 2. The molecule has 2 heterocycles. The standard InChI is InChI=1S/C15H12N4O2/c1-20-12-4-3-9(5-13(12)21-2)11-8-18-15-14(19-11)10(6-16)7-17-15/h3-5,7-8H,1-2H3,(H,17,18). The summed E-state index contributed by atoms with van der Waals surface area (Å²) in [4.78, 5) is 11.7. The highest BCUT2D eigenvalue weighted by Crippen LogP contribution is 2.31. The molecule has 6 heteroatoms. The molecule has 3 aromatic rings. The minimum atomic E-state index is 0.472. The van der Waals surface area contributed by atoms with Crippen LogP contribution in [0.1, 0.15) is 5.56 Å². The topological polar surface area (TPSA) is 83.8 Å². The summed E-state index contributed by atoms with van der Waals surface area (Å²) >= 11 is 0. The van der Waals surface area contributed by atoms with Crippen molar-refractivity contribution in [2.75, 3.05) is 14.2 Å². The summed E-state index contributed by atoms with van der Waals surface area (Å²) in [6.07, 6.45) is 3.25. The van der Waals surface area contributed by atoms with Gasteiger partial charge in [0.15, 0.2) is 17.1 Å². The van der Waals surface area contributed by atoms with Crippen molar-refractivity contribution in [3.63, 3.8) is 0 Å². The molecule has 21 heavy (non-hydrogen) atoms. The second-order valence-electron chi connectivity index (χ2n) is 4.34. The molecule has 0 saturated carbocycles. The number of aromatic amines is 1. The molecule has 0 atom stereocenters.